The molecule has 35 heavy (non-hydrogen) atoms. The van der Waals surface area contributed by atoms with Crippen molar-refractivity contribution >= 4 is 23.4 Å². The normalized spacial score (nSPS) is 17.3. The Bertz CT molecular complexity index is 1160. The first-order chi connectivity index (χ1) is 16.6. The Kier molecular flexibility index (Phi) is 8.01. The molecule has 9 heteroatoms. The first-order valence-electron chi connectivity index (χ1n) is 11.7. The van der Waals surface area contributed by atoms with Crippen molar-refractivity contribution in [3.8, 4) is 5.75 Å². The third-order valence-electron chi connectivity index (χ3n) is 6.16. The van der Waals surface area contributed by atoms with Crippen LogP contribution >= 0.6 is 0 Å². The second-order valence-electron chi connectivity index (χ2n) is 8.91. The molecule has 0 bridgehead atoms. The Labute approximate surface area is 205 Å². The number of benzene rings is 1. The van der Waals surface area contributed by atoms with Gasteiger partial charge in [0, 0.05) is 24.2 Å². The summed E-state index contributed by atoms with van der Waals surface area (Å²) in [6.45, 7) is 6.29. The van der Waals surface area contributed by atoms with Gasteiger partial charge in [0.05, 0.1) is 40.4 Å². The first kappa shape index (κ1) is 26.0. The molecule has 188 valence electrons. The quantitative estimate of drug-likeness (QED) is 0.233. The van der Waals surface area contributed by atoms with Crippen LogP contribution in [0.1, 0.15) is 52.3 Å². The van der Waals surface area contributed by atoms with Crippen LogP contribution in [-0.2, 0) is 14.3 Å². The zero-order chi connectivity index (χ0) is 25.9. The molecule has 2 heterocycles. The maximum absolute atomic E-state index is 13.9. The number of Topliss-reactive ketones (excluding diaryl/α,β-unsaturated/α-hetero) is 1. The maximum Gasteiger partial charge on any atom is 0.355 e. The molecular formula is C26H33N3O6. The van der Waals surface area contributed by atoms with Gasteiger partial charge >= 0.3 is 5.97 Å². The van der Waals surface area contributed by atoms with Gasteiger partial charge in [-0.15, -0.1) is 0 Å². The van der Waals surface area contributed by atoms with Crippen molar-refractivity contribution in [2.24, 2.45) is 0 Å². The van der Waals surface area contributed by atoms with Gasteiger partial charge in [-0.1, -0.05) is 17.9 Å². The van der Waals surface area contributed by atoms with Crippen molar-refractivity contribution in [2.45, 2.75) is 33.2 Å². The predicted molar refractivity (Wildman–Crippen MR) is 128 cm³/mol. The fourth-order valence-corrected chi connectivity index (χ4v) is 4.49. The molecule has 1 aliphatic heterocycles. The number of ketones is 1. The Morgan fingerprint density at radius 1 is 1.23 bits per heavy atom. The molecule has 1 aromatic heterocycles. The fraction of sp³-hybridized carbons (Fsp3) is 0.423. The molecule has 1 amide bonds. The lowest BCUT2D eigenvalue weighted by molar-refractivity contribution is -0.858. The number of carbonyl (C=O) groups is 3. The third-order valence-corrected chi connectivity index (χ3v) is 6.16. The number of carbonyl (C=O) groups excluding carboxylic acids is 3. The Hall–Kier alpha value is -3.59. The van der Waals surface area contributed by atoms with Crippen LogP contribution in [0.3, 0.4) is 0 Å². The first-order valence-corrected chi connectivity index (χ1v) is 11.7. The van der Waals surface area contributed by atoms with Gasteiger partial charge in [0.2, 0.25) is 5.78 Å². The molecule has 1 atom stereocenters. The summed E-state index contributed by atoms with van der Waals surface area (Å²) in [5.74, 6) is -2.12. The Balaban J connectivity index is 2.18. The van der Waals surface area contributed by atoms with E-state index in [1.54, 1.807) is 45.0 Å². The number of amides is 1. The van der Waals surface area contributed by atoms with E-state index in [-0.39, 0.29) is 23.4 Å². The molecule has 2 aromatic rings. The largest absolute Gasteiger partial charge is 0.872 e. The number of hydrogen-bond acceptors (Lipinski definition) is 6. The molecule has 2 N–H and O–H groups in total. The van der Waals surface area contributed by atoms with Crippen LogP contribution in [0, 0.1) is 13.8 Å². The third kappa shape index (κ3) is 5.09. The van der Waals surface area contributed by atoms with Gasteiger partial charge in [-0.25, -0.2) is 4.79 Å². The molecule has 0 aliphatic carbocycles. The van der Waals surface area contributed by atoms with Crippen molar-refractivity contribution < 1.29 is 33.9 Å². The highest BCUT2D eigenvalue weighted by atomic mass is 16.5. The molecule has 3 rings (SSSR count). The number of aromatic amines is 1. The molecule has 1 unspecified atom stereocenters. The summed E-state index contributed by atoms with van der Waals surface area (Å²) in [5, 5.41) is 13.9. The van der Waals surface area contributed by atoms with E-state index in [2.05, 4.69) is 4.98 Å². The number of rotatable bonds is 9. The lowest BCUT2D eigenvalue weighted by Gasteiger charge is -2.28. The monoisotopic (exact) mass is 483 g/mol. The minimum Gasteiger partial charge on any atom is -0.872 e. The number of ether oxygens (including phenoxy) is 2. The lowest BCUT2D eigenvalue weighted by Crippen LogP contribution is -3.05. The van der Waals surface area contributed by atoms with Crippen LogP contribution < -0.4 is 14.7 Å². The summed E-state index contributed by atoms with van der Waals surface area (Å²) in [4.78, 5) is 44.3. The number of methoxy groups -OCH3 is 1. The highest BCUT2D eigenvalue weighted by molar-refractivity contribution is 6.46. The summed E-state index contributed by atoms with van der Waals surface area (Å²) in [5.41, 5.74) is 1.67. The zero-order valence-electron chi connectivity index (χ0n) is 21.1. The minimum atomic E-state index is -0.852. The fourth-order valence-electron chi connectivity index (χ4n) is 4.49. The van der Waals surface area contributed by atoms with Crippen LogP contribution in [0.15, 0.2) is 29.8 Å². The standard InChI is InChI=1S/C26H33N3O6/c1-7-35-26(33)21-15(2)19(16(3)27-21)23(30)20-22(17-10-8-11-18(14-17)34-6)29(25(32)24(20)31)13-9-12-28(4)5/h8,10-11,14,22,27,30H,7,9,12-13H2,1-6H3/b23-20+. The lowest BCUT2D eigenvalue weighted by atomic mass is 9.94. The highest BCUT2D eigenvalue weighted by Gasteiger charge is 2.44. The van der Waals surface area contributed by atoms with Crippen molar-refractivity contribution in [3.63, 3.8) is 0 Å². The van der Waals surface area contributed by atoms with E-state index in [1.165, 1.54) is 16.9 Å². The number of H-pyrrole nitrogens is 1. The number of nitrogens with zero attached hydrogens (tertiary/aromatic N) is 1. The molecule has 0 saturated carbocycles. The molecule has 1 saturated heterocycles. The van der Waals surface area contributed by atoms with Crippen LogP contribution in [0.2, 0.25) is 0 Å². The van der Waals surface area contributed by atoms with Gasteiger partial charge in [0.15, 0.2) is 0 Å². The van der Waals surface area contributed by atoms with Gasteiger partial charge in [-0.3, -0.25) is 9.59 Å². The van der Waals surface area contributed by atoms with E-state index < -0.39 is 29.5 Å². The summed E-state index contributed by atoms with van der Waals surface area (Å²) in [7, 11) is 5.55. The van der Waals surface area contributed by atoms with E-state index >= 15 is 0 Å². The molecule has 0 spiro atoms. The smallest absolute Gasteiger partial charge is 0.355 e. The maximum atomic E-state index is 13.9. The van der Waals surface area contributed by atoms with Crippen molar-refractivity contribution in [3.05, 3.63) is 57.9 Å². The van der Waals surface area contributed by atoms with Gasteiger partial charge in [0.25, 0.3) is 5.91 Å². The summed E-state index contributed by atoms with van der Waals surface area (Å²) < 4.78 is 10.4. The van der Waals surface area contributed by atoms with E-state index in [0.717, 1.165) is 6.54 Å². The van der Waals surface area contributed by atoms with Crippen LogP contribution in [0.5, 0.6) is 5.75 Å². The van der Waals surface area contributed by atoms with E-state index in [0.29, 0.717) is 35.5 Å². The number of hydrogen-bond donors (Lipinski definition) is 2. The molecular weight excluding hydrogens is 450 g/mol. The second-order valence-corrected chi connectivity index (χ2v) is 8.91. The molecule has 9 nitrogen and oxygen atoms in total. The predicted octanol–water partition coefficient (Wildman–Crippen LogP) is 0.575. The number of esters is 1. The van der Waals surface area contributed by atoms with E-state index in [4.69, 9.17) is 9.47 Å². The van der Waals surface area contributed by atoms with Crippen LogP contribution in [0.4, 0.5) is 0 Å². The average Bonchev–Trinajstić information content (AvgIpc) is 3.26. The zero-order valence-corrected chi connectivity index (χ0v) is 21.1. The second kappa shape index (κ2) is 10.8. The van der Waals surface area contributed by atoms with Crippen molar-refractivity contribution in [2.75, 3.05) is 40.9 Å². The van der Waals surface area contributed by atoms with Gasteiger partial charge in [0.1, 0.15) is 11.4 Å². The number of aryl methyl sites for hydroxylation is 1. The minimum absolute atomic E-state index is 0.124. The summed E-state index contributed by atoms with van der Waals surface area (Å²) >= 11 is 0. The van der Waals surface area contributed by atoms with Crippen LogP contribution in [-0.4, -0.2) is 68.4 Å². The Morgan fingerprint density at radius 3 is 2.57 bits per heavy atom. The topological polar surface area (TPSA) is 116 Å². The number of likely N-dealkylation sites (tertiary alicyclic amines) is 1. The summed E-state index contributed by atoms with van der Waals surface area (Å²) in [6, 6.07) is 6.17. The Morgan fingerprint density at radius 2 is 1.94 bits per heavy atom. The molecule has 1 aliphatic rings. The van der Waals surface area contributed by atoms with Gasteiger partial charge in [-0.2, -0.15) is 0 Å². The summed E-state index contributed by atoms with van der Waals surface area (Å²) in [6.07, 6.45) is 0.665. The number of quaternary nitrogens is 1. The average molecular weight is 484 g/mol. The SMILES string of the molecule is CCOC(=O)c1[nH]c(C)c(/C([O-])=C2\C(=O)C(=O)N(CCC[NH+](C)C)C2c2cccc(OC)c2)c1C. The number of aromatic nitrogens is 1. The van der Waals surface area contributed by atoms with E-state index in [9.17, 15) is 19.5 Å². The molecule has 1 aromatic carbocycles. The van der Waals surface area contributed by atoms with Gasteiger partial charge in [-0.05, 0) is 49.6 Å². The molecule has 1 fully saturated rings. The van der Waals surface area contributed by atoms with E-state index in [1.807, 2.05) is 14.1 Å². The highest BCUT2D eigenvalue weighted by Crippen LogP contribution is 2.40. The molecule has 0 radical (unpaired) electrons. The van der Waals surface area contributed by atoms with Crippen LogP contribution in [0.25, 0.3) is 5.76 Å². The number of nitrogens with one attached hydrogen (secondary N) is 2. The van der Waals surface area contributed by atoms with Crippen molar-refractivity contribution in [1.82, 2.24) is 9.88 Å². The van der Waals surface area contributed by atoms with Crippen molar-refractivity contribution in [1.29, 1.82) is 0 Å². The van der Waals surface area contributed by atoms with Gasteiger partial charge < -0.3 is 29.4 Å².